The summed E-state index contributed by atoms with van der Waals surface area (Å²) in [5.74, 6) is -1.82. The number of ether oxygens (including phenoxy) is 21. The first-order valence-electron chi connectivity index (χ1n) is 40.7. The normalized spacial score (nSPS) is 51.7. The zero-order valence-electron chi connectivity index (χ0n) is 67.7. The number of amides is 2. The lowest BCUT2D eigenvalue weighted by Crippen LogP contribution is -2.70. The number of aliphatic hydroxyl groups is 33. The van der Waals surface area contributed by atoms with Gasteiger partial charge in [0, 0.05) is 13.8 Å². The summed E-state index contributed by atoms with van der Waals surface area (Å²) in [7, 11) is 0. The van der Waals surface area contributed by atoms with Crippen molar-refractivity contribution in [2.75, 3.05) is 72.7 Å². The molecular weight excluding hydrogens is 1760 g/mol. The third kappa shape index (κ3) is 22.5. The number of aliphatic hydroxyl groups excluding tert-OH is 33. The molecule has 2 amide bonds. The fourth-order valence-electron chi connectivity index (χ4n) is 16.5. The van der Waals surface area contributed by atoms with Crippen molar-refractivity contribution in [3.05, 3.63) is 0 Å². The summed E-state index contributed by atoms with van der Waals surface area (Å²) in [5.41, 5.74) is 0. The second kappa shape index (κ2) is 45.8. The van der Waals surface area contributed by atoms with E-state index in [0.29, 0.717) is 0 Å². The minimum atomic E-state index is -2.69. The van der Waals surface area contributed by atoms with Crippen LogP contribution in [0.15, 0.2) is 0 Å². The highest BCUT2D eigenvalue weighted by Crippen LogP contribution is 2.42. The molecule has 11 fully saturated rings. The maximum absolute atomic E-state index is 13.1. The maximum atomic E-state index is 13.1. The molecule has 58 heteroatoms. The fourth-order valence-corrected chi connectivity index (χ4v) is 16.5. The zero-order chi connectivity index (χ0) is 94.0. The van der Waals surface area contributed by atoms with Crippen LogP contribution in [0, 0.1) is 0 Å². The van der Waals surface area contributed by atoms with E-state index in [4.69, 9.17) is 99.5 Å². The van der Waals surface area contributed by atoms with Crippen molar-refractivity contribution in [3.8, 4) is 0 Å². The minimum absolute atomic E-state index is 0.824. The van der Waals surface area contributed by atoms with Crippen molar-refractivity contribution in [3.63, 3.8) is 0 Å². The molecule has 744 valence electrons. The lowest BCUT2D eigenvalue weighted by Gasteiger charge is -2.51. The quantitative estimate of drug-likeness (QED) is 0.0290. The maximum Gasteiger partial charge on any atom is 0.217 e. The molecule has 11 heterocycles. The molecule has 0 spiro atoms. The molecule has 35 N–H and O–H groups in total. The predicted molar refractivity (Wildman–Crippen MR) is 386 cm³/mol. The van der Waals surface area contributed by atoms with Crippen LogP contribution in [0.1, 0.15) is 13.8 Å². The molecule has 11 aliphatic rings. The Bertz CT molecular complexity index is 3380. The molecule has 128 heavy (non-hydrogen) atoms. The molecule has 11 saturated heterocycles. The first-order valence-corrected chi connectivity index (χ1v) is 40.7. The molecule has 11 rings (SSSR count). The topological polar surface area (TPSA) is 920 Å². The van der Waals surface area contributed by atoms with Gasteiger partial charge >= 0.3 is 0 Å². The Hall–Kier alpha value is -3.22. The monoisotopic (exact) mass is 1880 g/mol. The fraction of sp³-hybridized carbons (Fsp3) is 0.971. The lowest BCUT2D eigenvalue weighted by atomic mass is 9.94. The van der Waals surface area contributed by atoms with Crippen molar-refractivity contribution >= 4 is 11.8 Å². The SMILES string of the molecule is CC(=O)N[C@@H]1[C@@H](O)[C@H](O[C@@H]2O[C@H](CO)[C@@H](O[C@@H]3O[C@H](CO[C@H]4O[C@H](CO[C@H]5O[C@H](CO)[C@@H](O)[C@H](O)[C@@H]5O[C@H]5O[C@H](CO)[C@@H](O)[C@H](O)[C@@H]5O)[C@@H](O)[C@H](O[C@H]5O[C@H](CO)[C@@H](O)[C@H](O)[C@@H]5O[C@H]5O[C@H](CO)[C@@H](O)[C@H](O)[C@@H]5O)[C@@H]4O)[C@@H](O)[C@H](O[C@@H]4O[C@H](CO)[C@@H](O)[C@H](O)[C@@H]4O[C@H]4O[C@H](CO)[C@@H](O)[C@H](O)[C@@H]4O[C@H]4O[C@H](CO)[C@@H](O)[C@H](O)[C@@H]4O)[C@@H]3O)[C@H](O)[C@H]2NC(C)=O)[C@@H](CO)O[C@H]1O. The van der Waals surface area contributed by atoms with Crippen LogP contribution < -0.4 is 10.6 Å². The molecule has 58 nitrogen and oxygen atoms in total. The van der Waals surface area contributed by atoms with Crippen LogP contribution in [0.2, 0.25) is 0 Å². The molecule has 0 bridgehead atoms. The number of carbonyl (C=O) groups is 2. The second-order valence-electron chi connectivity index (χ2n) is 32.3. The van der Waals surface area contributed by atoms with E-state index in [1.54, 1.807) is 0 Å². The average Bonchev–Trinajstić information content (AvgIpc) is 0.758. The summed E-state index contributed by atoms with van der Waals surface area (Å²) in [6.07, 6.45) is -117. The van der Waals surface area contributed by atoms with Crippen LogP contribution >= 0.6 is 0 Å². The summed E-state index contributed by atoms with van der Waals surface area (Å²) in [4.78, 5) is 25.4. The van der Waals surface area contributed by atoms with Gasteiger partial charge in [-0.3, -0.25) is 9.59 Å². The molecule has 11 aliphatic heterocycles. The molecule has 0 aliphatic carbocycles. The minimum Gasteiger partial charge on any atom is -0.394 e. The van der Waals surface area contributed by atoms with E-state index in [1.165, 1.54) is 0 Å². The number of hydrogen-bond acceptors (Lipinski definition) is 56. The van der Waals surface area contributed by atoms with Gasteiger partial charge in [-0.15, -0.1) is 0 Å². The smallest absolute Gasteiger partial charge is 0.217 e. The first kappa shape index (κ1) is 105. The van der Waals surface area contributed by atoms with Crippen LogP contribution in [0.3, 0.4) is 0 Å². The zero-order valence-corrected chi connectivity index (χ0v) is 67.7. The van der Waals surface area contributed by atoms with E-state index in [1.807, 2.05) is 0 Å². The summed E-state index contributed by atoms with van der Waals surface area (Å²) in [6.45, 7) is -10.9. The molecule has 0 saturated carbocycles. The number of nitrogens with one attached hydrogen (secondary N) is 2. The molecule has 0 aromatic carbocycles. The molecule has 0 unspecified atom stereocenters. The lowest BCUT2D eigenvalue weighted by molar-refractivity contribution is -0.408. The summed E-state index contributed by atoms with van der Waals surface area (Å²) in [6, 6.07) is -3.71. The van der Waals surface area contributed by atoms with Crippen LogP contribution in [0.25, 0.3) is 0 Å². The van der Waals surface area contributed by atoms with E-state index >= 15 is 0 Å². The molecular formula is C70H118N2O56. The van der Waals surface area contributed by atoms with Crippen LogP contribution in [-0.4, -0.2) is 591 Å². The van der Waals surface area contributed by atoms with Crippen molar-refractivity contribution in [2.24, 2.45) is 0 Å². The van der Waals surface area contributed by atoms with Crippen LogP contribution in [0.5, 0.6) is 0 Å². The van der Waals surface area contributed by atoms with Gasteiger partial charge in [0.2, 0.25) is 11.8 Å². The van der Waals surface area contributed by atoms with Crippen LogP contribution in [0.4, 0.5) is 0 Å². The largest absolute Gasteiger partial charge is 0.394 e. The Labute approximate surface area is 722 Å². The Morgan fingerprint density at radius 1 is 0.203 bits per heavy atom. The number of hydrogen-bond donors (Lipinski definition) is 35. The van der Waals surface area contributed by atoms with Crippen molar-refractivity contribution in [2.45, 2.75) is 351 Å². The van der Waals surface area contributed by atoms with E-state index in [-0.39, 0.29) is 0 Å². The van der Waals surface area contributed by atoms with Gasteiger partial charge in [-0.25, -0.2) is 0 Å². The Balaban J connectivity index is 0.961. The van der Waals surface area contributed by atoms with Gasteiger partial charge in [0.05, 0.1) is 72.7 Å². The summed E-state index contributed by atoms with van der Waals surface area (Å²) < 4.78 is 124. The Morgan fingerprint density at radius 2 is 0.430 bits per heavy atom. The van der Waals surface area contributed by atoms with Crippen molar-refractivity contribution < 1.29 is 278 Å². The van der Waals surface area contributed by atoms with Gasteiger partial charge in [-0.05, 0) is 0 Å². The molecule has 0 aromatic heterocycles. The average molecular weight is 1880 g/mol. The Morgan fingerprint density at radius 3 is 0.773 bits per heavy atom. The van der Waals surface area contributed by atoms with E-state index in [9.17, 15) is 178 Å². The van der Waals surface area contributed by atoms with E-state index < -0.39 is 422 Å². The number of rotatable bonds is 33. The van der Waals surface area contributed by atoms with Gasteiger partial charge in [0.25, 0.3) is 0 Å². The predicted octanol–water partition coefficient (Wildman–Crippen LogP) is -24.7. The third-order valence-corrected chi connectivity index (χ3v) is 23.8. The standard InChI is InChI=1S/C70H118N2O56/c1-14(82)71-27-38(93)52(23(10-80)110-60(27)107)121-61-28(72-15(2)83)39(94)53(24(11-81)118-61)122-66-51(106)55(124-69-59(46(101)35(90)21(8-78)116-69)128-70-58(45(100)34(89)22(9-79)117-70)127-65-49(104)42(97)31(86)18(5-75)113-65)37(92)26(120-66)12-108-62-50(105)54(123-68-57(44(99)33(88)20(7-77)115-68)126-64-48(103)41(96)30(85)17(4-74)112-64)36(91)25(119-62)13-109-67-56(43(98)32(87)19(6-76)114-67)125-63-47(102)40(95)29(84)16(3-73)111-63/h16-70,73-81,84-107H,3-13H2,1-2H3,(H,71,82)(H,72,83)/t16-,17-,18-,19-,20-,21-,22-,23-,24-,25-,26-,27-,28-,29-,30-,31-,32-,33-,34-,35-,36-,37-,38-,39-,40+,41+,42+,43+,44+,45+,46+,47+,48+,49+,50+,51+,52-,53-,54+,55+,56+,57+,58+,59+,60-,61+,62+,63-,64-,65-,66+,67+,68-,69+,70-/m1/s1. The van der Waals surface area contributed by atoms with Gasteiger partial charge < -0.3 is 279 Å². The highest BCUT2D eigenvalue weighted by atomic mass is 16.8. The number of carbonyl (C=O) groups excluding carboxylic acids is 2. The van der Waals surface area contributed by atoms with E-state index in [2.05, 4.69) is 10.6 Å². The van der Waals surface area contributed by atoms with E-state index in [0.717, 1.165) is 13.8 Å². The second-order valence-corrected chi connectivity index (χ2v) is 32.3. The van der Waals surface area contributed by atoms with Gasteiger partial charge in [-0.1, -0.05) is 0 Å². The van der Waals surface area contributed by atoms with Crippen LogP contribution in [-0.2, 0) is 109 Å². The molecule has 55 atom stereocenters. The summed E-state index contributed by atoms with van der Waals surface area (Å²) in [5, 5.41) is 372. The molecule has 0 radical (unpaired) electrons. The van der Waals surface area contributed by atoms with Gasteiger partial charge in [0.1, 0.15) is 268 Å². The van der Waals surface area contributed by atoms with Crippen molar-refractivity contribution in [1.29, 1.82) is 0 Å². The third-order valence-electron chi connectivity index (χ3n) is 23.8. The van der Waals surface area contributed by atoms with Crippen molar-refractivity contribution in [1.82, 2.24) is 10.6 Å². The summed E-state index contributed by atoms with van der Waals surface area (Å²) >= 11 is 0. The highest BCUT2D eigenvalue weighted by Gasteiger charge is 2.62. The first-order chi connectivity index (χ1) is 60.7. The highest BCUT2D eigenvalue weighted by molar-refractivity contribution is 5.73. The molecule has 0 aromatic rings. The van der Waals surface area contributed by atoms with Gasteiger partial charge in [-0.2, -0.15) is 0 Å². The Kier molecular flexibility index (Phi) is 37.7. The van der Waals surface area contributed by atoms with Gasteiger partial charge in [0.15, 0.2) is 69.2 Å².